The molecule has 2 rings (SSSR count). The van der Waals surface area contributed by atoms with Crippen molar-refractivity contribution in [1.29, 1.82) is 5.26 Å². The molecule has 1 aromatic rings. The van der Waals surface area contributed by atoms with Gasteiger partial charge in [-0.25, -0.2) is 0 Å². The molecule has 0 aromatic carbocycles. The number of aromatic nitrogens is 1. The van der Waals surface area contributed by atoms with E-state index in [1.54, 1.807) is 0 Å². The highest BCUT2D eigenvalue weighted by Crippen LogP contribution is 2.24. The number of nitrogens with zero attached hydrogens (tertiary/aromatic N) is 1. The van der Waals surface area contributed by atoms with Crippen LogP contribution in [0.25, 0.3) is 0 Å². The fourth-order valence-electron chi connectivity index (χ4n) is 1.78. The molecule has 0 fully saturated rings. The Morgan fingerprint density at radius 1 is 1.38 bits per heavy atom. The first-order chi connectivity index (χ1) is 6.24. The van der Waals surface area contributed by atoms with Crippen LogP contribution in [0.2, 0.25) is 0 Å². The summed E-state index contributed by atoms with van der Waals surface area (Å²) in [5.74, 6) is 0. The molecule has 0 unspecified atom stereocenters. The SMILES string of the molecule is N#Cc1c(S)[nH]c(=O)c2c1CCC2. The first-order valence-corrected chi connectivity index (χ1v) is 4.56. The summed E-state index contributed by atoms with van der Waals surface area (Å²) >= 11 is 4.07. The third kappa shape index (κ3) is 1.16. The molecule has 1 heterocycles. The summed E-state index contributed by atoms with van der Waals surface area (Å²) < 4.78 is 0. The molecule has 1 aromatic heterocycles. The maximum atomic E-state index is 11.4. The molecule has 0 radical (unpaired) electrons. The number of rotatable bonds is 0. The van der Waals surface area contributed by atoms with Gasteiger partial charge in [0.25, 0.3) is 5.56 Å². The van der Waals surface area contributed by atoms with Crippen molar-refractivity contribution in [2.75, 3.05) is 0 Å². The lowest BCUT2D eigenvalue weighted by Crippen LogP contribution is -2.14. The van der Waals surface area contributed by atoms with Gasteiger partial charge < -0.3 is 4.98 Å². The zero-order chi connectivity index (χ0) is 9.42. The van der Waals surface area contributed by atoms with Crippen molar-refractivity contribution in [3.8, 4) is 6.07 Å². The minimum absolute atomic E-state index is 0.0866. The molecule has 3 nitrogen and oxygen atoms in total. The number of hydrogen-bond donors (Lipinski definition) is 2. The number of nitriles is 1. The van der Waals surface area contributed by atoms with E-state index >= 15 is 0 Å². The molecule has 0 aliphatic heterocycles. The Balaban J connectivity index is 2.81. The number of pyridine rings is 1. The van der Waals surface area contributed by atoms with E-state index in [4.69, 9.17) is 5.26 Å². The summed E-state index contributed by atoms with van der Waals surface area (Å²) in [6.07, 6.45) is 2.58. The topological polar surface area (TPSA) is 56.6 Å². The molecular weight excluding hydrogens is 184 g/mol. The third-order valence-corrected chi connectivity index (χ3v) is 2.71. The molecule has 0 atom stereocenters. The molecule has 0 saturated heterocycles. The van der Waals surface area contributed by atoms with Gasteiger partial charge in [0.05, 0.1) is 10.6 Å². The average molecular weight is 192 g/mol. The summed E-state index contributed by atoms with van der Waals surface area (Å²) in [6.45, 7) is 0. The summed E-state index contributed by atoms with van der Waals surface area (Å²) in [4.78, 5) is 14.0. The van der Waals surface area contributed by atoms with Crippen LogP contribution in [0.5, 0.6) is 0 Å². The van der Waals surface area contributed by atoms with Gasteiger partial charge in [-0.15, -0.1) is 12.6 Å². The Morgan fingerprint density at radius 3 is 2.77 bits per heavy atom. The monoisotopic (exact) mass is 192 g/mol. The standard InChI is InChI=1S/C9H8N2OS/c10-4-7-5-2-1-3-6(5)8(12)11-9(7)13/h1-3H2,(H2,11,12,13). The van der Waals surface area contributed by atoms with E-state index in [9.17, 15) is 4.79 Å². The fraction of sp³-hybridized carbons (Fsp3) is 0.333. The minimum Gasteiger partial charge on any atom is -0.316 e. The lowest BCUT2D eigenvalue weighted by atomic mass is 10.1. The van der Waals surface area contributed by atoms with Crippen molar-refractivity contribution < 1.29 is 0 Å². The van der Waals surface area contributed by atoms with Crippen molar-refractivity contribution in [1.82, 2.24) is 4.98 Å². The number of hydrogen-bond acceptors (Lipinski definition) is 3. The van der Waals surface area contributed by atoms with Crippen LogP contribution in [0.1, 0.15) is 23.1 Å². The Bertz CT molecular complexity index is 456. The van der Waals surface area contributed by atoms with Crippen molar-refractivity contribution in [3.63, 3.8) is 0 Å². The Kier molecular flexibility index (Phi) is 1.89. The molecule has 0 spiro atoms. The summed E-state index contributed by atoms with van der Waals surface area (Å²) in [5.41, 5.74) is 2.12. The van der Waals surface area contributed by atoms with Crippen LogP contribution in [0.15, 0.2) is 9.82 Å². The third-order valence-electron chi connectivity index (χ3n) is 2.37. The van der Waals surface area contributed by atoms with E-state index in [1.165, 1.54) is 0 Å². The highest BCUT2D eigenvalue weighted by molar-refractivity contribution is 7.80. The second-order valence-electron chi connectivity index (χ2n) is 3.10. The first kappa shape index (κ1) is 8.39. The average Bonchev–Trinajstić information content (AvgIpc) is 2.53. The van der Waals surface area contributed by atoms with Crippen molar-refractivity contribution in [2.45, 2.75) is 24.3 Å². The van der Waals surface area contributed by atoms with Gasteiger partial charge in [0.2, 0.25) is 0 Å². The van der Waals surface area contributed by atoms with Crippen LogP contribution in [-0.4, -0.2) is 4.98 Å². The molecule has 1 N–H and O–H groups in total. The molecule has 13 heavy (non-hydrogen) atoms. The maximum Gasteiger partial charge on any atom is 0.252 e. The second kappa shape index (κ2) is 2.93. The van der Waals surface area contributed by atoms with Gasteiger partial charge in [0.1, 0.15) is 6.07 Å². The minimum atomic E-state index is -0.0866. The van der Waals surface area contributed by atoms with Crippen LogP contribution in [0.4, 0.5) is 0 Å². The highest BCUT2D eigenvalue weighted by atomic mass is 32.1. The fourth-order valence-corrected chi connectivity index (χ4v) is 2.07. The van der Waals surface area contributed by atoms with Crippen molar-refractivity contribution >= 4 is 12.6 Å². The van der Waals surface area contributed by atoms with E-state index in [0.29, 0.717) is 10.6 Å². The van der Waals surface area contributed by atoms with Gasteiger partial charge in [-0.2, -0.15) is 5.26 Å². The van der Waals surface area contributed by atoms with E-state index in [1.807, 2.05) is 0 Å². The predicted molar refractivity (Wildman–Crippen MR) is 51.1 cm³/mol. The summed E-state index contributed by atoms with van der Waals surface area (Å²) in [5, 5.41) is 9.25. The number of aromatic amines is 1. The first-order valence-electron chi connectivity index (χ1n) is 4.11. The Morgan fingerprint density at radius 2 is 2.08 bits per heavy atom. The number of fused-ring (bicyclic) bond motifs is 1. The van der Waals surface area contributed by atoms with Gasteiger partial charge in [-0.05, 0) is 24.8 Å². The lowest BCUT2D eigenvalue weighted by molar-refractivity contribution is 0.907. The van der Waals surface area contributed by atoms with Gasteiger partial charge in [-0.3, -0.25) is 4.79 Å². The number of H-pyrrole nitrogens is 1. The molecule has 0 saturated carbocycles. The highest BCUT2D eigenvalue weighted by Gasteiger charge is 2.20. The normalized spacial score (nSPS) is 13.8. The van der Waals surface area contributed by atoms with E-state index < -0.39 is 0 Å². The Labute approximate surface area is 80.8 Å². The van der Waals surface area contributed by atoms with E-state index in [0.717, 1.165) is 30.4 Å². The predicted octanol–water partition coefficient (Wildman–Crippen LogP) is 1.02. The number of nitrogens with one attached hydrogen (secondary N) is 1. The summed E-state index contributed by atoms with van der Waals surface area (Å²) in [6, 6.07) is 2.08. The van der Waals surface area contributed by atoms with E-state index in [-0.39, 0.29) is 5.56 Å². The molecule has 66 valence electrons. The second-order valence-corrected chi connectivity index (χ2v) is 3.55. The van der Waals surface area contributed by atoms with Crippen LogP contribution in [-0.2, 0) is 12.8 Å². The van der Waals surface area contributed by atoms with Crippen LogP contribution >= 0.6 is 12.6 Å². The quantitative estimate of drug-likeness (QED) is 0.603. The van der Waals surface area contributed by atoms with Gasteiger partial charge in [0, 0.05) is 5.56 Å². The van der Waals surface area contributed by atoms with Gasteiger partial charge >= 0.3 is 0 Å². The zero-order valence-corrected chi connectivity index (χ0v) is 7.82. The summed E-state index contributed by atoms with van der Waals surface area (Å²) in [7, 11) is 0. The largest absolute Gasteiger partial charge is 0.316 e. The van der Waals surface area contributed by atoms with Crippen LogP contribution in [0, 0.1) is 11.3 Å². The zero-order valence-electron chi connectivity index (χ0n) is 6.92. The molecule has 4 heteroatoms. The van der Waals surface area contributed by atoms with Crippen LogP contribution in [0.3, 0.4) is 0 Å². The van der Waals surface area contributed by atoms with E-state index in [2.05, 4.69) is 23.7 Å². The van der Waals surface area contributed by atoms with Gasteiger partial charge in [-0.1, -0.05) is 0 Å². The number of thiol groups is 1. The molecule has 0 amide bonds. The lowest BCUT2D eigenvalue weighted by Gasteiger charge is -2.02. The van der Waals surface area contributed by atoms with Crippen molar-refractivity contribution in [2.24, 2.45) is 0 Å². The van der Waals surface area contributed by atoms with Crippen LogP contribution < -0.4 is 5.56 Å². The molecule has 1 aliphatic rings. The van der Waals surface area contributed by atoms with Crippen molar-refractivity contribution in [3.05, 3.63) is 27.0 Å². The van der Waals surface area contributed by atoms with Gasteiger partial charge in [0.15, 0.2) is 0 Å². The molecule has 1 aliphatic carbocycles. The maximum absolute atomic E-state index is 11.4. The molecular formula is C9H8N2OS. The molecule has 0 bridgehead atoms. The smallest absolute Gasteiger partial charge is 0.252 e. The Hall–Kier alpha value is -1.21.